The van der Waals surface area contributed by atoms with Gasteiger partial charge in [0.1, 0.15) is 0 Å². The van der Waals surface area contributed by atoms with Gasteiger partial charge in [0.15, 0.2) is 11.6 Å². The zero-order chi connectivity index (χ0) is 30.5. The summed E-state index contributed by atoms with van der Waals surface area (Å²) in [6, 6.07) is 16.7. The standard InChI is InChI=1S/C20H28N2.C19H26N2/c1-3-4-5-6-7-8-9-10-18-15-21-20(22-16-18)19-13-11-17(2)12-14-19;1-3-4-5-6-7-8-9-17-14-20-19(21-15-17)18-12-10-16(2)11-13-18/h11-16H,3-10H2,1-2H3;10-15H,3-9H2,1-2H3. The lowest BCUT2D eigenvalue weighted by Crippen LogP contribution is -1.93. The largest absolute Gasteiger partial charge is 0.236 e. The van der Waals surface area contributed by atoms with E-state index in [1.807, 2.05) is 24.8 Å². The summed E-state index contributed by atoms with van der Waals surface area (Å²) in [4.78, 5) is 18.0. The van der Waals surface area contributed by atoms with E-state index in [0.29, 0.717) is 0 Å². The van der Waals surface area contributed by atoms with Crippen molar-refractivity contribution in [1.82, 2.24) is 19.9 Å². The van der Waals surface area contributed by atoms with Crippen LogP contribution in [0.3, 0.4) is 0 Å². The Bertz CT molecular complexity index is 1250. The van der Waals surface area contributed by atoms with Crippen molar-refractivity contribution in [3.8, 4) is 22.8 Å². The first kappa shape index (κ1) is 34.1. The van der Waals surface area contributed by atoms with Crippen molar-refractivity contribution in [2.45, 2.75) is 124 Å². The molecule has 230 valence electrons. The summed E-state index contributed by atoms with van der Waals surface area (Å²) in [5, 5.41) is 0. The molecule has 0 unspecified atom stereocenters. The second-order valence-corrected chi connectivity index (χ2v) is 12.0. The average molecular weight is 579 g/mol. The minimum Gasteiger partial charge on any atom is -0.236 e. The number of nitrogens with zero attached hydrogens (tertiary/aromatic N) is 4. The Hall–Kier alpha value is -3.40. The molecule has 0 amide bonds. The summed E-state index contributed by atoms with van der Waals surface area (Å²) in [6.07, 6.45) is 27.5. The van der Waals surface area contributed by atoms with Crippen LogP contribution in [0.15, 0.2) is 73.3 Å². The zero-order valence-corrected chi connectivity index (χ0v) is 27.3. The van der Waals surface area contributed by atoms with E-state index in [1.54, 1.807) is 0 Å². The van der Waals surface area contributed by atoms with E-state index in [9.17, 15) is 0 Å². The fourth-order valence-electron chi connectivity index (χ4n) is 5.07. The van der Waals surface area contributed by atoms with Gasteiger partial charge in [-0.1, -0.05) is 144 Å². The zero-order valence-electron chi connectivity index (χ0n) is 27.3. The highest BCUT2D eigenvalue weighted by Crippen LogP contribution is 2.17. The molecular formula is C39H54N4. The molecule has 4 rings (SSSR count). The SMILES string of the molecule is CCCCCCCCCc1cnc(-c2ccc(C)cc2)nc1.CCCCCCCCc1cnc(-c2ccc(C)cc2)nc1. The van der Waals surface area contributed by atoms with Gasteiger partial charge in [-0.2, -0.15) is 0 Å². The van der Waals surface area contributed by atoms with Crippen LogP contribution in [0.5, 0.6) is 0 Å². The molecule has 0 radical (unpaired) electrons. The number of hydrogen-bond donors (Lipinski definition) is 0. The van der Waals surface area contributed by atoms with Crippen LogP contribution in [0.25, 0.3) is 22.8 Å². The molecule has 0 N–H and O–H groups in total. The molecule has 0 aliphatic rings. The van der Waals surface area contributed by atoms with Gasteiger partial charge in [-0.25, -0.2) is 19.9 Å². The first-order valence-electron chi connectivity index (χ1n) is 16.8. The van der Waals surface area contributed by atoms with Crippen molar-refractivity contribution in [3.63, 3.8) is 0 Å². The molecule has 0 aliphatic heterocycles. The smallest absolute Gasteiger partial charge is 0.159 e. The molecule has 43 heavy (non-hydrogen) atoms. The third-order valence-electron chi connectivity index (χ3n) is 7.92. The predicted octanol–water partition coefficient (Wildman–Crippen LogP) is 11.1. The van der Waals surface area contributed by atoms with Crippen LogP contribution in [-0.4, -0.2) is 19.9 Å². The van der Waals surface area contributed by atoms with E-state index < -0.39 is 0 Å². The molecule has 0 aliphatic carbocycles. The average Bonchev–Trinajstić information content (AvgIpc) is 3.04. The molecule has 2 heterocycles. The maximum atomic E-state index is 4.51. The summed E-state index contributed by atoms with van der Waals surface area (Å²) in [5.74, 6) is 1.64. The molecule has 0 saturated carbocycles. The highest BCUT2D eigenvalue weighted by molar-refractivity contribution is 5.55. The second-order valence-electron chi connectivity index (χ2n) is 12.0. The third-order valence-corrected chi connectivity index (χ3v) is 7.92. The van der Waals surface area contributed by atoms with Gasteiger partial charge in [0.25, 0.3) is 0 Å². The Morgan fingerprint density at radius 2 is 0.698 bits per heavy atom. The lowest BCUT2D eigenvalue weighted by molar-refractivity contribution is 0.589. The van der Waals surface area contributed by atoms with Gasteiger partial charge in [-0.05, 0) is 50.7 Å². The fourth-order valence-corrected chi connectivity index (χ4v) is 5.07. The van der Waals surface area contributed by atoms with Gasteiger partial charge < -0.3 is 0 Å². The second kappa shape index (κ2) is 20.5. The van der Waals surface area contributed by atoms with Crippen molar-refractivity contribution >= 4 is 0 Å². The van der Waals surface area contributed by atoms with E-state index in [1.165, 1.54) is 106 Å². The van der Waals surface area contributed by atoms with Crippen LogP contribution in [0.4, 0.5) is 0 Å². The predicted molar refractivity (Wildman–Crippen MR) is 183 cm³/mol. The minimum atomic E-state index is 0.821. The Morgan fingerprint density at radius 3 is 1.02 bits per heavy atom. The quantitative estimate of drug-likeness (QED) is 0.117. The molecule has 2 aromatic carbocycles. The number of hydrogen-bond acceptors (Lipinski definition) is 4. The van der Waals surface area contributed by atoms with Gasteiger partial charge in [-0.15, -0.1) is 0 Å². The molecule has 0 spiro atoms. The molecule has 4 aromatic rings. The molecule has 0 atom stereocenters. The lowest BCUT2D eigenvalue weighted by atomic mass is 10.1. The number of aromatic nitrogens is 4. The molecule has 0 fully saturated rings. The van der Waals surface area contributed by atoms with Gasteiger partial charge >= 0.3 is 0 Å². The normalized spacial score (nSPS) is 10.8. The Morgan fingerprint density at radius 1 is 0.395 bits per heavy atom. The third kappa shape index (κ3) is 13.6. The number of unbranched alkanes of at least 4 members (excludes halogenated alkanes) is 11. The number of benzene rings is 2. The Labute approximate surface area is 261 Å². The van der Waals surface area contributed by atoms with E-state index in [2.05, 4.69) is 96.2 Å². The number of rotatable bonds is 17. The highest BCUT2D eigenvalue weighted by Gasteiger charge is 2.03. The summed E-state index contributed by atoms with van der Waals surface area (Å²) >= 11 is 0. The molecule has 0 saturated heterocycles. The topological polar surface area (TPSA) is 51.6 Å². The molecule has 0 bridgehead atoms. The maximum Gasteiger partial charge on any atom is 0.159 e. The lowest BCUT2D eigenvalue weighted by Gasteiger charge is -2.04. The first-order chi connectivity index (χ1) is 21.1. The Balaban J connectivity index is 0.000000236. The Kier molecular flexibility index (Phi) is 16.3. The van der Waals surface area contributed by atoms with Crippen LogP contribution >= 0.6 is 0 Å². The molecule has 4 nitrogen and oxygen atoms in total. The van der Waals surface area contributed by atoms with E-state index in [-0.39, 0.29) is 0 Å². The summed E-state index contributed by atoms with van der Waals surface area (Å²) < 4.78 is 0. The van der Waals surface area contributed by atoms with Gasteiger partial charge in [0.2, 0.25) is 0 Å². The fraction of sp³-hybridized carbons (Fsp3) is 0.487. The summed E-state index contributed by atoms with van der Waals surface area (Å²) in [6.45, 7) is 8.71. The number of aryl methyl sites for hydroxylation is 4. The monoisotopic (exact) mass is 578 g/mol. The van der Waals surface area contributed by atoms with Gasteiger partial charge in [0.05, 0.1) is 0 Å². The van der Waals surface area contributed by atoms with Crippen LogP contribution in [0, 0.1) is 13.8 Å². The van der Waals surface area contributed by atoms with E-state index in [4.69, 9.17) is 0 Å². The summed E-state index contributed by atoms with van der Waals surface area (Å²) in [5.41, 5.74) is 7.21. The minimum absolute atomic E-state index is 0.821. The van der Waals surface area contributed by atoms with Crippen molar-refractivity contribution < 1.29 is 0 Å². The van der Waals surface area contributed by atoms with E-state index in [0.717, 1.165) is 35.6 Å². The van der Waals surface area contributed by atoms with Crippen molar-refractivity contribution in [3.05, 3.63) is 95.6 Å². The van der Waals surface area contributed by atoms with Crippen molar-refractivity contribution in [2.75, 3.05) is 0 Å². The van der Waals surface area contributed by atoms with E-state index >= 15 is 0 Å². The van der Waals surface area contributed by atoms with Crippen molar-refractivity contribution in [1.29, 1.82) is 0 Å². The van der Waals surface area contributed by atoms with Crippen LogP contribution < -0.4 is 0 Å². The van der Waals surface area contributed by atoms with Crippen molar-refractivity contribution in [2.24, 2.45) is 0 Å². The highest BCUT2D eigenvalue weighted by atomic mass is 14.9. The van der Waals surface area contributed by atoms with Crippen LogP contribution in [0.1, 0.15) is 120 Å². The first-order valence-corrected chi connectivity index (χ1v) is 16.8. The summed E-state index contributed by atoms with van der Waals surface area (Å²) in [7, 11) is 0. The molecule has 2 aromatic heterocycles. The molecule has 4 heteroatoms. The van der Waals surface area contributed by atoms with Crippen LogP contribution in [-0.2, 0) is 12.8 Å². The molecular weight excluding hydrogens is 524 g/mol. The maximum absolute atomic E-state index is 4.51. The van der Waals surface area contributed by atoms with Crippen LogP contribution in [0.2, 0.25) is 0 Å². The van der Waals surface area contributed by atoms with Gasteiger partial charge in [0, 0.05) is 35.9 Å². The van der Waals surface area contributed by atoms with Gasteiger partial charge in [-0.3, -0.25) is 0 Å².